The Kier molecular flexibility index (Phi) is 5.22. The Morgan fingerprint density at radius 3 is 1.34 bits per heavy atom. The van der Waals surface area contributed by atoms with Gasteiger partial charge in [0.05, 0.1) is 38.2 Å². The molecule has 2 aliphatic rings. The van der Waals surface area contributed by atoms with Crippen LogP contribution in [0.1, 0.15) is 0 Å². The average molecular weight is 469 g/mol. The van der Waals surface area contributed by atoms with Gasteiger partial charge in [-0.15, -0.1) is 0 Å². The summed E-state index contributed by atoms with van der Waals surface area (Å²) in [6, 6.07) is 12.2. The summed E-state index contributed by atoms with van der Waals surface area (Å²) in [6.45, 7) is 0. The highest BCUT2D eigenvalue weighted by Gasteiger charge is 2.38. The molecular formula is C24H24N2O4S2+2. The van der Waals surface area contributed by atoms with Crippen LogP contribution in [-0.4, -0.2) is 42.5 Å². The molecule has 164 valence electrons. The highest BCUT2D eigenvalue weighted by Crippen LogP contribution is 2.46. The van der Waals surface area contributed by atoms with Crippen LogP contribution in [-0.2, 0) is 0 Å². The fourth-order valence-corrected chi connectivity index (χ4v) is 6.84. The summed E-state index contributed by atoms with van der Waals surface area (Å²) in [5.74, 6) is 3.32. The molecule has 0 radical (unpaired) electrons. The topological polar surface area (TPSA) is 42.9 Å². The van der Waals surface area contributed by atoms with Gasteiger partial charge in [0.15, 0.2) is 0 Å². The summed E-state index contributed by atoms with van der Waals surface area (Å²) in [4.78, 5) is 4.26. The Morgan fingerprint density at radius 2 is 1.00 bits per heavy atom. The van der Waals surface area contributed by atoms with E-state index in [0.717, 1.165) is 64.7 Å². The predicted octanol–water partition coefficient (Wildman–Crippen LogP) is 3.56. The molecule has 3 aromatic rings. The van der Waals surface area contributed by atoms with Gasteiger partial charge in [0.25, 0.3) is 10.7 Å². The van der Waals surface area contributed by atoms with Crippen LogP contribution in [0.3, 0.4) is 0 Å². The van der Waals surface area contributed by atoms with Crippen LogP contribution in [0.15, 0.2) is 56.0 Å². The number of hydrogen-bond donors (Lipinski definition) is 0. The van der Waals surface area contributed by atoms with Crippen LogP contribution in [0, 0.1) is 0 Å². The first-order chi connectivity index (χ1) is 15.5. The zero-order valence-corrected chi connectivity index (χ0v) is 20.4. The Hall–Kier alpha value is -2.84. The van der Waals surface area contributed by atoms with Crippen LogP contribution in [0.25, 0.3) is 0 Å². The first kappa shape index (κ1) is 21.0. The van der Waals surface area contributed by atoms with Crippen molar-refractivity contribution in [2.24, 2.45) is 0 Å². The van der Waals surface area contributed by atoms with E-state index < -0.39 is 0 Å². The summed E-state index contributed by atoms with van der Waals surface area (Å²) in [6.07, 6.45) is 0. The number of methoxy groups -OCH3 is 4. The Labute approximate surface area is 195 Å². The highest BCUT2D eigenvalue weighted by molar-refractivity contribution is 8.00. The number of fused-ring (bicyclic) bond motifs is 4. The molecule has 32 heavy (non-hydrogen) atoms. The maximum Gasteiger partial charge on any atom is 0.267 e. The lowest BCUT2D eigenvalue weighted by Crippen LogP contribution is -2.36. The lowest BCUT2D eigenvalue weighted by atomic mass is 10.2. The largest absolute Gasteiger partial charge is 0.497 e. The van der Waals surface area contributed by atoms with Crippen molar-refractivity contribution >= 4 is 34.9 Å². The molecule has 0 aliphatic carbocycles. The molecule has 0 unspecified atom stereocenters. The normalized spacial score (nSPS) is 13.6. The third kappa shape index (κ3) is 2.97. The first-order valence-corrected chi connectivity index (χ1v) is 11.7. The van der Waals surface area contributed by atoms with Gasteiger partial charge in [-0.25, -0.2) is 0 Å². The Balaban J connectivity index is 1.91. The van der Waals surface area contributed by atoms with Gasteiger partial charge in [-0.1, -0.05) is 23.5 Å². The number of benzene rings is 3. The molecule has 0 spiro atoms. The fraction of sp³-hybridized carbons (Fsp3) is 0.250. The minimum absolute atomic E-state index is 0.826. The van der Waals surface area contributed by atoms with E-state index in [1.807, 2.05) is 12.1 Å². The van der Waals surface area contributed by atoms with E-state index in [-0.39, 0.29) is 0 Å². The van der Waals surface area contributed by atoms with Crippen molar-refractivity contribution in [3.8, 4) is 23.0 Å². The third-order valence-corrected chi connectivity index (χ3v) is 8.09. The van der Waals surface area contributed by atoms with Crippen molar-refractivity contribution < 1.29 is 18.9 Å². The predicted molar refractivity (Wildman–Crippen MR) is 127 cm³/mol. The quantitative estimate of drug-likeness (QED) is 0.546. The molecule has 0 saturated heterocycles. The Bertz CT molecular complexity index is 1300. The lowest BCUT2D eigenvalue weighted by Gasteiger charge is -2.20. The second-order valence-corrected chi connectivity index (χ2v) is 9.52. The second-order valence-electron chi connectivity index (χ2n) is 7.41. The van der Waals surface area contributed by atoms with Crippen molar-refractivity contribution in [3.05, 3.63) is 47.1 Å². The number of hydrogen-bond acceptors (Lipinski definition) is 6. The zero-order valence-electron chi connectivity index (χ0n) is 18.8. The van der Waals surface area contributed by atoms with Gasteiger partial charge in [0.2, 0.25) is 22.9 Å². The zero-order chi connectivity index (χ0) is 22.6. The molecule has 0 saturated carbocycles. The summed E-state index contributed by atoms with van der Waals surface area (Å²) in [5, 5.41) is 2.00. The number of rotatable bonds is 4. The molecule has 8 heteroatoms. The Morgan fingerprint density at radius 1 is 0.594 bits per heavy atom. The van der Waals surface area contributed by atoms with E-state index in [9.17, 15) is 0 Å². The van der Waals surface area contributed by atoms with Gasteiger partial charge >= 0.3 is 0 Å². The van der Waals surface area contributed by atoms with Gasteiger partial charge in [0, 0.05) is 24.3 Å². The van der Waals surface area contributed by atoms with Crippen LogP contribution in [0.5, 0.6) is 23.0 Å². The van der Waals surface area contributed by atoms with Gasteiger partial charge in [-0.3, -0.25) is 0 Å². The molecule has 5 rings (SSSR count). The SMILES string of the molecule is COc1ccc2c(c1)Sc1c(OC)c3c(c(OC)c1=[N+]2C)Sc1cc(OC)ccc1[N+]=3C. The van der Waals surface area contributed by atoms with Gasteiger partial charge in [0.1, 0.15) is 35.4 Å². The van der Waals surface area contributed by atoms with Crippen molar-refractivity contribution in [2.75, 3.05) is 42.5 Å². The molecule has 0 aromatic heterocycles. The number of nitrogens with zero attached hydrogens (tertiary/aromatic N) is 2. The average Bonchev–Trinajstić information content (AvgIpc) is 2.82. The first-order valence-electron chi connectivity index (χ1n) is 10.0. The monoisotopic (exact) mass is 468 g/mol. The van der Waals surface area contributed by atoms with Crippen LogP contribution in [0.2, 0.25) is 0 Å². The molecule has 6 nitrogen and oxygen atoms in total. The van der Waals surface area contributed by atoms with Crippen molar-refractivity contribution in [1.82, 2.24) is 9.15 Å². The van der Waals surface area contributed by atoms with E-state index in [1.54, 1.807) is 52.0 Å². The minimum Gasteiger partial charge on any atom is -0.497 e. The smallest absolute Gasteiger partial charge is 0.267 e. The molecule has 0 bridgehead atoms. The molecule has 0 fully saturated rings. The summed E-state index contributed by atoms with van der Waals surface area (Å²) in [7, 11) is 11.0. The summed E-state index contributed by atoms with van der Waals surface area (Å²) < 4.78 is 27.4. The second kappa shape index (κ2) is 7.94. The number of ether oxygens (including phenoxy) is 4. The summed E-state index contributed by atoms with van der Waals surface area (Å²) >= 11 is 3.35. The van der Waals surface area contributed by atoms with Gasteiger partial charge < -0.3 is 18.9 Å². The maximum atomic E-state index is 6.05. The minimum atomic E-state index is 0.826. The van der Waals surface area contributed by atoms with Crippen molar-refractivity contribution in [1.29, 1.82) is 0 Å². The van der Waals surface area contributed by atoms with E-state index >= 15 is 0 Å². The lowest BCUT2D eigenvalue weighted by molar-refractivity contribution is 0.367. The molecule has 0 amide bonds. The van der Waals surface area contributed by atoms with Crippen LogP contribution < -0.4 is 38.8 Å². The van der Waals surface area contributed by atoms with Crippen LogP contribution in [0.4, 0.5) is 11.4 Å². The van der Waals surface area contributed by atoms with Gasteiger partial charge in [-0.05, 0) is 12.1 Å². The van der Waals surface area contributed by atoms with E-state index in [4.69, 9.17) is 18.9 Å². The van der Waals surface area contributed by atoms with E-state index in [0.29, 0.717) is 0 Å². The molecule has 2 aliphatic heterocycles. The van der Waals surface area contributed by atoms with Crippen molar-refractivity contribution in [3.63, 3.8) is 0 Å². The van der Waals surface area contributed by atoms with Gasteiger partial charge in [-0.2, -0.15) is 9.15 Å². The molecule has 0 atom stereocenters. The van der Waals surface area contributed by atoms with E-state index in [1.165, 1.54) is 0 Å². The molecule has 3 aromatic carbocycles. The fourth-order valence-electron chi connectivity index (χ4n) is 4.24. The third-order valence-electron chi connectivity index (χ3n) is 5.83. The highest BCUT2D eigenvalue weighted by atomic mass is 32.2. The summed E-state index contributed by atoms with van der Waals surface area (Å²) in [5.41, 5.74) is 2.19. The maximum absolute atomic E-state index is 6.05. The van der Waals surface area contributed by atoms with E-state index in [2.05, 4.69) is 47.5 Å². The molecule has 0 N–H and O–H groups in total. The van der Waals surface area contributed by atoms with Crippen LogP contribution >= 0.6 is 23.5 Å². The standard InChI is InChI=1S/C24H24N2O4S2/c1-25-15-9-7-13(27-3)11-17(15)31-23-19(25)21(29-5)24-20(22(23)30-6)26(2)16-10-8-14(28-4)12-18(16)32-24/h7-12H,1-6H3/q+2. The molecular weight excluding hydrogens is 444 g/mol. The van der Waals surface area contributed by atoms with Crippen molar-refractivity contribution in [2.45, 2.75) is 19.6 Å². The molecule has 2 heterocycles.